The normalized spacial score (nSPS) is 14.3. The SMILES string of the molecule is Cc1nnc(SCC(=O)Nc2ccc(N3CCCC3)cc2)n1C. The molecular formula is C16H21N5OS. The van der Waals surface area contributed by atoms with E-state index in [0.717, 1.165) is 29.8 Å². The summed E-state index contributed by atoms with van der Waals surface area (Å²) in [5.41, 5.74) is 2.05. The van der Waals surface area contributed by atoms with Crippen molar-refractivity contribution < 1.29 is 4.79 Å². The number of thioether (sulfide) groups is 1. The van der Waals surface area contributed by atoms with Crippen LogP contribution in [0.1, 0.15) is 18.7 Å². The number of rotatable bonds is 5. The van der Waals surface area contributed by atoms with E-state index in [1.165, 1.54) is 30.3 Å². The molecule has 0 atom stereocenters. The first kappa shape index (κ1) is 15.9. The molecule has 7 heteroatoms. The molecule has 1 amide bonds. The maximum absolute atomic E-state index is 12.0. The molecule has 1 fully saturated rings. The molecule has 0 bridgehead atoms. The molecule has 23 heavy (non-hydrogen) atoms. The van der Waals surface area contributed by atoms with Crippen LogP contribution in [0.3, 0.4) is 0 Å². The molecule has 1 saturated heterocycles. The maximum Gasteiger partial charge on any atom is 0.234 e. The smallest absolute Gasteiger partial charge is 0.234 e. The fourth-order valence-electron chi connectivity index (χ4n) is 2.57. The number of aryl methyl sites for hydroxylation is 1. The van der Waals surface area contributed by atoms with Crippen LogP contribution in [0.2, 0.25) is 0 Å². The van der Waals surface area contributed by atoms with Crippen molar-refractivity contribution in [1.29, 1.82) is 0 Å². The molecule has 1 N–H and O–H groups in total. The lowest BCUT2D eigenvalue weighted by Crippen LogP contribution is -2.18. The van der Waals surface area contributed by atoms with Gasteiger partial charge in [-0.3, -0.25) is 4.79 Å². The van der Waals surface area contributed by atoms with Crippen LogP contribution in [0, 0.1) is 6.92 Å². The predicted molar refractivity (Wildman–Crippen MR) is 93.0 cm³/mol. The summed E-state index contributed by atoms with van der Waals surface area (Å²) in [5, 5.41) is 11.7. The molecule has 1 aliphatic heterocycles. The van der Waals surface area contributed by atoms with Crippen LogP contribution in [0.4, 0.5) is 11.4 Å². The highest BCUT2D eigenvalue weighted by molar-refractivity contribution is 7.99. The van der Waals surface area contributed by atoms with E-state index in [1.807, 2.05) is 30.7 Å². The zero-order chi connectivity index (χ0) is 16.2. The minimum Gasteiger partial charge on any atom is -0.372 e. The van der Waals surface area contributed by atoms with Crippen LogP contribution in [-0.4, -0.2) is 39.5 Å². The van der Waals surface area contributed by atoms with Gasteiger partial charge in [0.05, 0.1) is 5.75 Å². The summed E-state index contributed by atoms with van der Waals surface area (Å²) < 4.78 is 1.88. The number of amides is 1. The van der Waals surface area contributed by atoms with Gasteiger partial charge in [0, 0.05) is 31.5 Å². The van der Waals surface area contributed by atoms with Crippen LogP contribution in [0.25, 0.3) is 0 Å². The molecule has 0 radical (unpaired) electrons. The van der Waals surface area contributed by atoms with Gasteiger partial charge in [0.15, 0.2) is 5.16 Å². The van der Waals surface area contributed by atoms with Gasteiger partial charge in [-0.2, -0.15) is 0 Å². The molecule has 1 aromatic heterocycles. The number of anilines is 2. The highest BCUT2D eigenvalue weighted by Crippen LogP contribution is 2.22. The number of hydrogen-bond acceptors (Lipinski definition) is 5. The molecule has 3 rings (SSSR count). The molecule has 1 aromatic carbocycles. The third-order valence-electron chi connectivity index (χ3n) is 4.01. The first-order valence-electron chi connectivity index (χ1n) is 7.77. The molecule has 6 nitrogen and oxygen atoms in total. The summed E-state index contributed by atoms with van der Waals surface area (Å²) in [4.78, 5) is 14.4. The van der Waals surface area contributed by atoms with Crippen LogP contribution in [-0.2, 0) is 11.8 Å². The van der Waals surface area contributed by atoms with E-state index in [0.29, 0.717) is 5.75 Å². The van der Waals surface area contributed by atoms with Gasteiger partial charge in [-0.1, -0.05) is 11.8 Å². The summed E-state index contributed by atoms with van der Waals surface area (Å²) in [6.45, 7) is 4.14. The topological polar surface area (TPSA) is 63.1 Å². The van der Waals surface area contributed by atoms with Gasteiger partial charge in [-0.05, 0) is 44.0 Å². The molecule has 1 aliphatic rings. The molecule has 0 spiro atoms. The van der Waals surface area contributed by atoms with Crippen molar-refractivity contribution in [3.05, 3.63) is 30.1 Å². The second kappa shape index (κ2) is 7.04. The third-order valence-corrected chi connectivity index (χ3v) is 5.03. The monoisotopic (exact) mass is 331 g/mol. The number of hydrogen-bond donors (Lipinski definition) is 1. The predicted octanol–water partition coefficient (Wildman–Crippen LogP) is 2.45. The lowest BCUT2D eigenvalue weighted by atomic mass is 10.2. The van der Waals surface area contributed by atoms with Crippen molar-refractivity contribution in [3.63, 3.8) is 0 Å². The summed E-state index contributed by atoms with van der Waals surface area (Å²) in [6, 6.07) is 8.06. The zero-order valence-corrected chi connectivity index (χ0v) is 14.3. The van der Waals surface area contributed by atoms with Gasteiger partial charge >= 0.3 is 0 Å². The lowest BCUT2D eigenvalue weighted by Gasteiger charge is -2.17. The van der Waals surface area contributed by atoms with Crippen LogP contribution < -0.4 is 10.2 Å². The van der Waals surface area contributed by atoms with Gasteiger partial charge in [-0.25, -0.2) is 0 Å². The summed E-state index contributed by atoms with van der Waals surface area (Å²) >= 11 is 1.39. The number of carbonyl (C=O) groups excluding carboxylic acids is 1. The second-order valence-electron chi connectivity index (χ2n) is 5.67. The minimum absolute atomic E-state index is 0.0374. The minimum atomic E-state index is -0.0374. The van der Waals surface area contributed by atoms with Crippen molar-refractivity contribution in [1.82, 2.24) is 14.8 Å². The van der Waals surface area contributed by atoms with E-state index in [1.54, 1.807) is 0 Å². The average Bonchev–Trinajstić information content (AvgIpc) is 3.18. The van der Waals surface area contributed by atoms with Crippen molar-refractivity contribution >= 4 is 29.0 Å². The molecule has 2 heterocycles. The molecule has 2 aromatic rings. The van der Waals surface area contributed by atoms with Gasteiger partial charge < -0.3 is 14.8 Å². The van der Waals surface area contributed by atoms with Gasteiger partial charge in [0.1, 0.15) is 5.82 Å². The van der Waals surface area contributed by atoms with Gasteiger partial charge in [-0.15, -0.1) is 10.2 Å². The Morgan fingerprint density at radius 1 is 1.22 bits per heavy atom. The van der Waals surface area contributed by atoms with Crippen molar-refractivity contribution in [2.24, 2.45) is 7.05 Å². The first-order valence-corrected chi connectivity index (χ1v) is 8.76. The van der Waals surface area contributed by atoms with E-state index < -0.39 is 0 Å². The van der Waals surface area contributed by atoms with Gasteiger partial charge in [0.2, 0.25) is 5.91 Å². The fourth-order valence-corrected chi connectivity index (χ4v) is 3.33. The molecular weight excluding hydrogens is 310 g/mol. The van der Waals surface area contributed by atoms with E-state index >= 15 is 0 Å². The lowest BCUT2D eigenvalue weighted by molar-refractivity contribution is -0.113. The van der Waals surface area contributed by atoms with Gasteiger partial charge in [0.25, 0.3) is 0 Å². The number of nitrogens with zero attached hydrogens (tertiary/aromatic N) is 4. The Kier molecular flexibility index (Phi) is 4.85. The Bertz CT molecular complexity index is 676. The molecule has 0 aliphatic carbocycles. The Morgan fingerprint density at radius 2 is 1.91 bits per heavy atom. The third kappa shape index (κ3) is 3.85. The molecule has 122 valence electrons. The number of carbonyl (C=O) groups is 1. The number of aromatic nitrogens is 3. The van der Waals surface area contributed by atoms with E-state index in [4.69, 9.17) is 0 Å². The maximum atomic E-state index is 12.0. The average molecular weight is 331 g/mol. The zero-order valence-electron chi connectivity index (χ0n) is 13.5. The van der Waals surface area contributed by atoms with Crippen molar-refractivity contribution in [2.75, 3.05) is 29.1 Å². The Morgan fingerprint density at radius 3 is 2.52 bits per heavy atom. The second-order valence-corrected chi connectivity index (χ2v) is 6.61. The van der Waals surface area contributed by atoms with E-state index in [-0.39, 0.29) is 5.91 Å². The molecule has 0 unspecified atom stereocenters. The quantitative estimate of drug-likeness (QED) is 0.853. The highest BCUT2D eigenvalue weighted by atomic mass is 32.2. The fraction of sp³-hybridized carbons (Fsp3) is 0.438. The van der Waals surface area contributed by atoms with E-state index in [2.05, 4.69) is 32.5 Å². The van der Waals surface area contributed by atoms with Crippen molar-refractivity contribution in [2.45, 2.75) is 24.9 Å². The standard InChI is InChI=1S/C16H21N5OS/c1-12-18-19-16(20(12)2)23-11-15(22)17-13-5-7-14(8-6-13)21-9-3-4-10-21/h5-8H,3-4,9-11H2,1-2H3,(H,17,22). The van der Waals surface area contributed by atoms with Crippen molar-refractivity contribution in [3.8, 4) is 0 Å². The largest absolute Gasteiger partial charge is 0.372 e. The first-order chi connectivity index (χ1) is 11.1. The Balaban J connectivity index is 1.52. The van der Waals surface area contributed by atoms with Crippen LogP contribution in [0.15, 0.2) is 29.4 Å². The Labute approximate surface area is 140 Å². The van der Waals surface area contributed by atoms with E-state index in [9.17, 15) is 4.79 Å². The van der Waals surface area contributed by atoms with Crippen LogP contribution >= 0.6 is 11.8 Å². The Hall–Kier alpha value is -2.02. The summed E-state index contributed by atoms with van der Waals surface area (Å²) in [6.07, 6.45) is 2.52. The number of benzene rings is 1. The molecule has 0 saturated carbocycles. The highest BCUT2D eigenvalue weighted by Gasteiger charge is 2.12. The van der Waals surface area contributed by atoms with Crippen LogP contribution in [0.5, 0.6) is 0 Å². The number of nitrogens with one attached hydrogen (secondary N) is 1. The summed E-state index contributed by atoms with van der Waals surface area (Å²) in [7, 11) is 1.90. The summed E-state index contributed by atoms with van der Waals surface area (Å²) in [5.74, 6) is 1.12.